The molecule has 7 heteroatoms. The van der Waals surface area contributed by atoms with Gasteiger partial charge in [-0.25, -0.2) is 0 Å². The van der Waals surface area contributed by atoms with Crippen LogP contribution in [0.1, 0.15) is 46.7 Å². The average molecular weight is 537 g/mol. The number of rotatable bonds is 12. The Morgan fingerprint density at radius 2 is 1.53 bits per heavy atom. The summed E-state index contributed by atoms with van der Waals surface area (Å²) in [7, 11) is 3.20. The van der Waals surface area contributed by atoms with E-state index in [4.69, 9.17) is 31.5 Å². The number of ketones is 1. The highest BCUT2D eigenvalue weighted by Gasteiger charge is 2.32. The number of benzene rings is 3. The number of carbonyl (C=O) groups is 1. The lowest BCUT2D eigenvalue weighted by atomic mass is 9.89. The molecule has 202 valence electrons. The van der Waals surface area contributed by atoms with E-state index >= 15 is 0 Å². The predicted octanol–water partition coefficient (Wildman–Crippen LogP) is 5.63. The summed E-state index contributed by atoms with van der Waals surface area (Å²) in [5, 5.41) is 0. The zero-order valence-corrected chi connectivity index (χ0v) is 22.8. The van der Waals surface area contributed by atoms with E-state index in [1.807, 2.05) is 36.4 Å². The Morgan fingerprint density at radius 3 is 2.11 bits per heavy atom. The van der Waals surface area contributed by atoms with Crippen molar-refractivity contribution >= 4 is 17.4 Å². The van der Waals surface area contributed by atoms with Gasteiger partial charge >= 0.3 is 0 Å². The lowest BCUT2D eigenvalue weighted by Crippen LogP contribution is -2.49. The first-order valence-electron chi connectivity index (χ1n) is 13.1. The van der Waals surface area contributed by atoms with Crippen LogP contribution in [0.2, 0.25) is 0 Å². The molecule has 3 aromatic rings. The summed E-state index contributed by atoms with van der Waals surface area (Å²) in [6, 6.07) is 24.9. The number of likely N-dealkylation sites (tertiary alicyclic amines) is 1. The Kier molecular flexibility index (Phi) is 10.2. The fraction of sp³-hybridized carbons (Fsp3) is 0.387. The number of ether oxygens (including phenoxy) is 3. The minimum atomic E-state index is -0.743. The maximum Gasteiger partial charge on any atom is 0.191 e. The Labute approximate surface area is 230 Å². The number of nitrogens with zero attached hydrogens (tertiary/aromatic N) is 1. The summed E-state index contributed by atoms with van der Waals surface area (Å²) in [4.78, 5) is 15.7. The van der Waals surface area contributed by atoms with Gasteiger partial charge in [0, 0.05) is 30.8 Å². The standard InChI is InChI=1S/C31H37ClN2O4/c1-36-26-17-22(18-27(19-26)37-2)21-38-29(30(35)25-11-7-4-8-12-25)20-28(33)31(32)34-15-13-24(14-16-34)23-9-5-3-6-10-23/h3-12,17-19,24,28-29,31H,13-16,20-21,33H2,1-2H3. The van der Waals surface area contributed by atoms with Crippen LogP contribution in [0.15, 0.2) is 78.9 Å². The van der Waals surface area contributed by atoms with Gasteiger partial charge < -0.3 is 19.9 Å². The number of halogens is 1. The highest BCUT2D eigenvalue weighted by atomic mass is 35.5. The van der Waals surface area contributed by atoms with Crippen molar-refractivity contribution in [1.82, 2.24) is 4.90 Å². The lowest BCUT2D eigenvalue weighted by Gasteiger charge is -2.37. The van der Waals surface area contributed by atoms with E-state index in [2.05, 4.69) is 29.2 Å². The SMILES string of the molecule is COc1cc(COC(CC(N)C(Cl)N2CCC(c3ccccc3)CC2)C(=O)c2ccccc2)cc(OC)c1. The van der Waals surface area contributed by atoms with Crippen LogP contribution in [0.3, 0.4) is 0 Å². The fourth-order valence-electron chi connectivity index (χ4n) is 5.02. The molecule has 1 saturated heterocycles. The summed E-state index contributed by atoms with van der Waals surface area (Å²) in [6.07, 6.45) is 1.62. The van der Waals surface area contributed by atoms with Crippen molar-refractivity contribution < 1.29 is 19.0 Å². The third kappa shape index (κ3) is 7.35. The van der Waals surface area contributed by atoms with Crippen molar-refractivity contribution in [2.45, 2.75) is 49.4 Å². The highest BCUT2D eigenvalue weighted by molar-refractivity contribution is 6.20. The van der Waals surface area contributed by atoms with Crippen molar-refractivity contribution in [2.24, 2.45) is 5.73 Å². The van der Waals surface area contributed by atoms with Crippen LogP contribution in [0, 0.1) is 0 Å². The van der Waals surface area contributed by atoms with Crippen LogP contribution in [-0.4, -0.2) is 55.6 Å². The molecule has 0 spiro atoms. The van der Waals surface area contributed by atoms with Crippen molar-refractivity contribution in [1.29, 1.82) is 0 Å². The molecule has 6 nitrogen and oxygen atoms in total. The number of piperidine rings is 1. The summed E-state index contributed by atoms with van der Waals surface area (Å²) in [5.74, 6) is 1.74. The fourth-order valence-corrected chi connectivity index (χ4v) is 5.32. The molecule has 0 bridgehead atoms. The second-order valence-corrected chi connectivity index (χ2v) is 10.2. The van der Waals surface area contributed by atoms with Gasteiger partial charge in [0.2, 0.25) is 0 Å². The maximum absolute atomic E-state index is 13.5. The third-order valence-electron chi connectivity index (χ3n) is 7.20. The molecule has 1 heterocycles. The second kappa shape index (κ2) is 13.8. The monoisotopic (exact) mass is 536 g/mol. The van der Waals surface area contributed by atoms with E-state index in [0.29, 0.717) is 29.4 Å². The Morgan fingerprint density at radius 1 is 0.947 bits per heavy atom. The number of methoxy groups -OCH3 is 2. The molecule has 4 rings (SSSR count). The zero-order chi connectivity index (χ0) is 26.9. The minimum Gasteiger partial charge on any atom is -0.497 e. The molecule has 1 aliphatic heterocycles. The molecule has 3 atom stereocenters. The molecule has 0 aliphatic carbocycles. The maximum atomic E-state index is 13.5. The van der Waals surface area contributed by atoms with Gasteiger partial charge in [0.05, 0.1) is 20.8 Å². The first kappa shape index (κ1) is 28.1. The number of hydrogen-bond acceptors (Lipinski definition) is 6. The van der Waals surface area contributed by atoms with Gasteiger partial charge in [-0.2, -0.15) is 0 Å². The van der Waals surface area contributed by atoms with Gasteiger partial charge in [0.15, 0.2) is 5.78 Å². The zero-order valence-electron chi connectivity index (χ0n) is 22.1. The normalized spacial score (nSPS) is 16.9. The van der Waals surface area contributed by atoms with Crippen LogP contribution in [0.5, 0.6) is 11.5 Å². The van der Waals surface area contributed by atoms with E-state index < -0.39 is 17.6 Å². The Balaban J connectivity index is 1.42. The largest absolute Gasteiger partial charge is 0.497 e. The first-order valence-corrected chi connectivity index (χ1v) is 13.5. The molecule has 0 aromatic heterocycles. The van der Waals surface area contributed by atoms with Gasteiger partial charge in [0.25, 0.3) is 0 Å². The summed E-state index contributed by atoms with van der Waals surface area (Å²) in [6.45, 7) is 1.94. The average Bonchev–Trinajstić information content (AvgIpc) is 2.99. The van der Waals surface area contributed by atoms with E-state index in [-0.39, 0.29) is 12.4 Å². The number of carbonyl (C=O) groups excluding carboxylic acids is 1. The van der Waals surface area contributed by atoms with Crippen LogP contribution in [0.4, 0.5) is 0 Å². The topological polar surface area (TPSA) is 74.0 Å². The second-order valence-electron chi connectivity index (χ2n) is 9.74. The van der Waals surface area contributed by atoms with Crippen molar-refractivity contribution in [3.05, 3.63) is 95.6 Å². The molecule has 2 N–H and O–H groups in total. The number of alkyl halides is 1. The van der Waals surface area contributed by atoms with Crippen LogP contribution < -0.4 is 15.2 Å². The van der Waals surface area contributed by atoms with Gasteiger partial charge in [-0.1, -0.05) is 60.7 Å². The van der Waals surface area contributed by atoms with Crippen LogP contribution >= 0.6 is 11.6 Å². The summed E-state index contributed by atoms with van der Waals surface area (Å²) in [5.41, 5.74) is 9.03. The van der Waals surface area contributed by atoms with Crippen molar-refractivity contribution in [2.75, 3.05) is 27.3 Å². The van der Waals surface area contributed by atoms with Crippen molar-refractivity contribution in [3.8, 4) is 11.5 Å². The predicted molar refractivity (Wildman–Crippen MR) is 151 cm³/mol. The molecular formula is C31H37ClN2O4. The number of hydrogen-bond donors (Lipinski definition) is 1. The molecule has 0 amide bonds. The lowest BCUT2D eigenvalue weighted by molar-refractivity contribution is 0.0246. The minimum absolute atomic E-state index is 0.109. The molecule has 0 saturated carbocycles. The quantitative estimate of drug-likeness (QED) is 0.184. The Bertz CT molecular complexity index is 1130. The molecule has 38 heavy (non-hydrogen) atoms. The molecule has 3 aromatic carbocycles. The van der Waals surface area contributed by atoms with Crippen molar-refractivity contribution in [3.63, 3.8) is 0 Å². The van der Waals surface area contributed by atoms with Crippen LogP contribution in [0.25, 0.3) is 0 Å². The first-order chi connectivity index (χ1) is 18.5. The number of nitrogens with two attached hydrogens (primary N) is 1. The third-order valence-corrected chi connectivity index (χ3v) is 7.80. The summed E-state index contributed by atoms with van der Waals surface area (Å²) < 4.78 is 17.0. The van der Waals surface area contributed by atoms with Crippen LogP contribution in [-0.2, 0) is 11.3 Å². The smallest absolute Gasteiger partial charge is 0.191 e. The van der Waals surface area contributed by atoms with E-state index in [9.17, 15) is 4.79 Å². The molecule has 3 unspecified atom stereocenters. The molecule has 1 aliphatic rings. The molecule has 1 fully saturated rings. The highest BCUT2D eigenvalue weighted by Crippen LogP contribution is 2.30. The van der Waals surface area contributed by atoms with Gasteiger partial charge in [-0.15, -0.1) is 11.6 Å². The van der Waals surface area contributed by atoms with E-state index in [1.165, 1.54) is 5.56 Å². The number of Topliss-reactive ketones (excluding diaryl/α,β-unsaturated/α-hetero) is 1. The molecule has 0 radical (unpaired) electrons. The van der Waals surface area contributed by atoms with Gasteiger partial charge in [-0.3, -0.25) is 9.69 Å². The van der Waals surface area contributed by atoms with E-state index in [0.717, 1.165) is 31.5 Å². The van der Waals surface area contributed by atoms with Gasteiger partial charge in [-0.05, 0) is 48.4 Å². The Hall–Kier alpha value is -2.90. The summed E-state index contributed by atoms with van der Waals surface area (Å²) >= 11 is 6.90. The molecular weight excluding hydrogens is 500 g/mol. The van der Waals surface area contributed by atoms with E-state index in [1.54, 1.807) is 32.4 Å². The van der Waals surface area contributed by atoms with Gasteiger partial charge in [0.1, 0.15) is 23.1 Å².